The molecule has 3 heterocycles. The largest absolute Gasteiger partial charge is 0.457 e. The molecule has 0 aliphatic carbocycles. The molecule has 112 valence electrons. The third kappa shape index (κ3) is 3.18. The van der Waals surface area contributed by atoms with Crippen molar-refractivity contribution < 1.29 is 9.47 Å². The molecule has 0 fully saturated rings. The predicted molar refractivity (Wildman–Crippen MR) is 83.7 cm³/mol. The molecular weight excluding hydrogens is 334 g/mol. The number of hydrogen-bond acceptors (Lipinski definition) is 5. The molecule has 21 heavy (non-hydrogen) atoms. The Morgan fingerprint density at radius 2 is 2.38 bits per heavy atom. The summed E-state index contributed by atoms with van der Waals surface area (Å²) in [6.45, 7) is 4.60. The third-order valence-corrected chi connectivity index (χ3v) is 3.63. The highest BCUT2D eigenvalue weighted by Gasteiger charge is 2.32. The van der Waals surface area contributed by atoms with Crippen LogP contribution >= 0.6 is 15.9 Å². The number of rotatable bonds is 3. The molecule has 2 atom stereocenters. The van der Waals surface area contributed by atoms with E-state index in [1.54, 1.807) is 0 Å². The summed E-state index contributed by atoms with van der Waals surface area (Å²) in [6.07, 6.45) is 9.88. The maximum absolute atomic E-state index is 5.91. The topological polar surface area (TPSA) is 45.8 Å². The van der Waals surface area contributed by atoms with E-state index < -0.39 is 0 Å². The van der Waals surface area contributed by atoms with E-state index in [2.05, 4.69) is 43.3 Å². The molecule has 0 bridgehead atoms. The molecule has 0 saturated heterocycles. The van der Waals surface area contributed by atoms with Gasteiger partial charge in [0.25, 0.3) is 0 Å². The number of fused-ring (bicyclic) bond motifs is 1. The molecule has 2 N–H and O–H groups in total. The Morgan fingerprint density at radius 1 is 1.52 bits per heavy atom. The van der Waals surface area contributed by atoms with Crippen LogP contribution in [0.2, 0.25) is 0 Å². The summed E-state index contributed by atoms with van der Waals surface area (Å²) < 4.78 is 12.6. The summed E-state index contributed by atoms with van der Waals surface area (Å²) in [5.41, 5.74) is 4.03. The minimum atomic E-state index is -0.287. The Labute approximate surface area is 132 Å². The number of allylic oxidation sites excluding steroid dienone is 2. The highest BCUT2D eigenvalue weighted by molar-refractivity contribution is 9.11. The van der Waals surface area contributed by atoms with Crippen molar-refractivity contribution in [2.45, 2.75) is 32.3 Å². The third-order valence-electron chi connectivity index (χ3n) is 3.16. The molecule has 0 aromatic carbocycles. The first-order chi connectivity index (χ1) is 10.1. The van der Waals surface area contributed by atoms with Crippen LogP contribution in [0.5, 0.6) is 0 Å². The average Bonchev–Trinajstić information content (AvgIpc) is 2.70. The van der Waals surface area contributed by atoms with E-state index in [4.69, 9.17) is 9.47 Å². The number of nitrogens with one attached hydrogen (secondary N) is 2. The van der Waals surface area contributed by atoms with Crippen LogP contribution in [-0.2, 0) is 9.47 Å². The lowest BCUT2D eigenvalue weighted by Crippen LogP contribution is -2.41. The Hall–Kier alpha value is -1.62. The number of ether oxygens (including phenoxy) is 2. The molecular formula is C15H18BrN3O2. The van der Waals surface area contributed by atoms with Gasteiger partial charge in [0.2, 0.25) is 0 Å². The van der Waals surface area contributed by atoms with Crippen molar-refractivity contribution in [3.63, 3.8) is 0 Å². The Balaban J connectivity index is 1.75. The van der Waals surface area contributed by atoms with Crippen molar-refractivity contribution in [1.29, 1.82) is 0 Å². The van der Waals surface area contributed by atoms with Gasteiger partial charge in [0.15, 0.2) is 6.23 Å². The predicted octanol–water partition coefficient (Wildman–Crippen LogP) is 2.23. The molecule has 6 heteroatoms. The van der Waals surface area contributed by atoms with Crippen LogP contribution in [0.3, 0.4) is 0 Å². The van der Waals surface area contributed by atoms with Gasteiger partial charge in [-0.3, -0.25) is 5.32 Å². The van der Waals surface area contributed by atoms with Crippen molar-refractivity contribution in [2.75, 3.05) is 6.54 Å². The summed E-state index contributed by atoms with van der Waals surface area (Å²) in [4.78, 5) is 2.13. The second-order valence-electron chi connectivity index (χ2n) is 5.17. The standard InChI is InChI=1S/C15H18BrN3O2/c1-10(2)20-14-4-3-7-17-15(21-14)12-8-18-13-6-5-11(16)9-19(12)13/h3,5-6,8-10,13,15,17-18H,7H2,1-2H3. The lowest BCUT2D eigenvalue weighted by atomic mass is 10.3. The number of nitrogens with zero attached hydrogens (tertiary/aromatic N) is 1. The summed E-state index contributed by atoms with van der Waals surface area (Å²) in [6, 6.07) is 0. The molecule has 2 unspecified atom stereocenters. The van der Waals surface area contributed by atoms with Gasteiger partial charge < -0.3 is 19.7 Å². The molecule has 3 rings (SSSR count). The highest BCUT2D eigenvalue weighted by Crippen LogP contribution is 2.27. The van der Waals surface area contributed by atoms with Gasteiger partial charge in [0.05, 0.1) is 11.8 Å². The molecule has 0 aromatic rings. The fraction of sp³-hybridized carbons (Fsp3) is 0.400. The molecule has 0 aromatic heterocycles. The monoisotopic (exact) mass is 351 g/mol. The first kappa shape index (κ1) is 14.3. The van der Waals surface area contributed by atoms with Gasteiger partial charge >= 0.3 is 5.95 Å². The first-order valence-corrected chi connectivity index (χ1v) is 7.74. The normalized spacial score (nSPS) is 27.2. The van der Waals surface area contributed by atoms with Gasteiger partial charge in [-0.1, -0.05) is 0 Å². The SMILES string of the molecule is CC(C)OC1=C=CCNC(C2=CNC3C=CC(Br)=CN23)O1. The van der Waals surface area contributed by atoms with Crippen LogP contribution in [0.1, 0.15) is 13.8 Å². The van der Waals surface area contributed by atoms with Crippen molar-refractivity contribution in [2.24, 2.45) is 0 Å². The molecule has 0 saturated carbocycles. The maximum atomic E-state index is 5.91. The molecule has 3 aliphatic heterocycles. The lowest BCUT2D eigenvalue weighted by molar-refractivity contribution is -0.0298. The summed E-state index contributed by atoms with van der Waals surface area (Å²) in [5.74, 6) is 0.417. The summed E-state index contributed by atoms with van der Waals surface area (Å²) >= 11 is 3.50. The van der Waals surface area contributed by atoms with Crippen LogP contribution in [0, 0.1) is 0 Å². The van der Waals surface area contributed by atoms with Crippen LogP contribution in [-0.4, -0.2) is 29.9 Å². The average molecular weight is 352 g/mol. The van der Waals surface area contributed by atoms with Crippen molar-refractivity contribution >= 4 is 15.9 Å². The molecule has 3 aliphatic rings. The van der Waals surface area contributed by atoms with Crippen molar-refractivity contribution in [1.82, 2.24) is 15.5 Å². The Kier molecular flexibility index (Phi) is 4.10. The first-order valence-electron chi connectivity index (χ1n) is 6.95. The van der Waals surface area contributed by atoms with Gasteiger partial charge in [-0.25, -0.2) is 0 Å². The highest BCUT2D eigenvalue weighted by atomic mass is 79.9. The van der Waals surface area contributed by atoms with Crippen LogP contribution in [0.4, 0.5) is 0 Å². The number of hydrogen-bond donors (Lipinski definition) is 2. The molecule has 5 nitrogen and oxygen atoms in total. The zero-order valence-corrected chi connectivity index (χ0v) is 13.6. The molecule has 0 spiro atoms. The fourth-order valence-electron chi connectivity index (χ4n) is 2.28. The lowest BCUT2D eigenvalue weighted by Gasteiger charge is -2.30. The second-order valence-corrected chi connectivity index (χ2v) is 6.09. The van der Waals surface area contributed by atoms with E-state index in [0.717, 1.165) is 10.2 Å². The quantitative estimate of drug-likeness (QED) is 0.763. The van der Waals surface area contributed by atoms with E-state index >= 15 is 0 Å². The molecule has 0 radical (unpaired) electrons. The zero-order valence-electron chi connectivity index (χ0n) is 12.0. The van der Waals surface area contributed by atoms with E-state index in [9.17, 15) is 0 Å². The van der Waals surface area contributed by atoms with Gasteiger partial charge in [0.1, 0.15) is 6.17 Å². The summed E-state index contributed by atoms with van der Waals surface area (Å²) in [7, 11) is 0. The molecule has 0 amide bonds. The van der Waals surface area contributed by atoms with Crippen molar-refractivity contribution in [3.05, 3.63) is 52.5 Å². The van der Waals surface area contributed by atoms with E-state index in [1.165, 1.54) is 0 Å². The van der Waals surface area contributed by atoms with Gasteiger partial charge in [-0.15, -0.1) is 0 Å². The number of halogens is 1. The minimum Gasteiger partial charge on any atom is -0.457 e. The van der Waals surface area contributed by atoms with Gasteiger partial charge in [-0.2, -0.15) is 0 Å². The second kappa shape index (κ2) is 6.02. The van der Waals surface area contributed by atoms with Gasteiger partial charge in [-0.05, 0) is 53.7 Å². The van der Waals surface area contributed by atoms with Crippen LogP contribution in [0.25, 0.3) is 0 Å². The van der Waals surface area contributed by atoms with E-state index in [0.29, 0.717) is 12.5 Å². The Bertz CT molecular complexity index is 573. The van der Waals surface area contributed by atoms with E-state index in [-0.39, 0.29) is 18.5 Å². The minimum absolute atomic E-state index is 0.0510. The van der Waals surface area contributed by atoms with Crippen LogP contribution in [0.15, 0.2) is 52.5 Å². The smallest absolute Gasteiger partial charge is 0.329 e. The Morgan fingerprint density at radius 3 is 3.19 bits per heavy atom. The fourth-order valence-corrected chi connectivity index (χ4v) is 2.66. The van der Waals surface area contributed by atoms with Gasteiger partial charge in [0, 0.05) is 23.4 Å². The van der Waals surface area contributed by atoms with Crippen molar-refractivity contribution in [3.8, 4) is 0 Å². The van der Waals surface area contributed by atoms with E-state index in [1.807, 2.05) is 38.4 Å². The summed E-state index contributed by atoms with van der Waals surface area (Å²) in [5, 5.41) is 6.63. The maximum Gasteiger partial charge on any atom is 0.329 e. The zero-order chi connectivity index (χ0) is 14.8. The van der Waals surface area contributed by atoms with Crippen LogP contribution < -0.4 is 10.6 Å².